The predicted molar refractivity (Wildman–Crippen MR) is 531 cm³/mol. The first-order valence-electron chi connectivity index (χ1n) is 47.6. The summed E-state index contributed by atoms with van der Waals surface area (Å²) in [7, 11) is 11.1. The van der Waals surface area contributed by atoms with Crippen molar-refractivity contribution in [1.29, 1.82) is 5.41 Å². The molecule has 3 amide bonds. The van der Waals surface area contributed by atoms with Gasteiger partial charge in [-0.25, -0.2) is 39.0 Å². The van der Waals surface area contributed by atoms with Crippen molar-refractivity contribution in [2.75, 3.05) is 70.4 Å². The fourth-order valence-corrected chi connectivity index (χ4v) is 20.4. The molecule has 139 heavy (non-hydrogen) atoms. The van der Waals surface area contributed by atoms with E-state index in [-0.39, 0.29) is 101 Å². The fourth-order valence-electron chi connectivity index (χ4n) is 20.4. The molecule has 32 nitrogen and oxygen atoms in total. The summed E-state index contributed by atoms with van der Waals surface area (Å²) in [6, 6.07) is 57.9. The number of fused-ring (bicyclic) bond motifs is 14. The normalized spacial score (nSPS) is 21.2. The van der Waals surface area contributed by atoms with Crippen LogP contribution in [0, 0.1) is 17.1 Å². The summed E-state index contributed by atoms with van der Waals surface area (Å²) < 4.78 is 47.0. The number of carbonyl (C=O) groups is 6. The molecule has 20 rings (SSSR count). The van der Waals surface area contributed by atoms with Gasteiger partial charge in [0.15, 0.2) is 17.4 Å². The summed E-state index contributed by atoms with van der Waals surface area (Å²) in [5, 5.41) is 31.1. The molecule has 9 heterocycles. The molecule has 7 aliphatic heterocycles. The first kappa shape index (κ1) is 95.8. The number of nitrogens with zero attached hydrogens (tertiary/aromatic N) is 17. The molecule has 4 aliphatic carbocycles. The molecule has 7 aromatic carbocycles. The molecule has 0 saturated heterocycles. The standard InChI is InChI=1S/C27H27F3N6O2.2C27H30N6O2.C23H31N7O/c1-27(29,30)22(37)17-12-11-15(13-18(17)28)14-32-24-21(23(31)33-16-7-4-3-5-8-16)25(38)35(2)26-34-19-9-6-10-20(19)36(24)26;1-17(34)19-13-11-18(12-14-19)15-16-29-25(30-20-7-4-3-5-8-20)23-24(28)33-22-10-6-9-21(22)31-27(33)32(2)26(23)35;1-17(34)19-13-11-18(12-14-19)15-16-29-25-23(24(28)30-20-7-4-3-5-8-20)26(35)32(2)27-31-21-9-6-10-22(21)33(25)27;1-15(13-27(2)3)14-29-21-19(20(26-29)24-16-9-6-5-7-10-16)22(31)28(4)23-25-17-11-8-12-18(17)30(21)23/h3-5,7-8,11-13,19-20,32H,6,9-10,14H2,1-2H3,(H2,31,33);3-5,7-8,11-14,21-22,28-30H,6,9-10,15-16H2,1-2H3;3-5,7-8,11-14,21-22,29H,6,9-10,15-16H2,1-2H3,(H2,28,30);5-7,9-10,15,17-18H,8,11-14H2,1-4H3,(H,24,26)/b;25-23-,28-24?;;/t19-,20+;2*21-,22+;15?,17-,18+/m1111/s1. The Morgan fingerprint density at radius 2 is 1.00 bits per heavy atom. The number of likely N-dealkylation sites (N-methyl/N-ethyl adjacent to an activating group) is 2. The highest BCUT2D eigenvalue weighted by Crippen LogP contribution is 2.46. The smallest absolute Gasteiger partial charge is 0.307 e. The van der Waals surface area contributed by atoms with Gasteiger partial charge in [0.25, 0.3) is 23.3 Å². The molecule has 4 saturated carbocycles. The summed E-state index contributed by atoms with van der Waals surface area (Å²) >= 11 is 0. The van der Waals surface area contributed by atoms with Crippen LogP contribution in [-0.2, 0) is 42.6 Å². The number of rotatable bonds is 27. The average Bonchev–Trinajstić information content (AvgIpc) is 1.54. The van der Waals surface area contributed by atoms with Crippen LogP contribution in [0.4, 0.5) is 47.6 Å². The van der Waals surface area contributed by atoms with Crippen LogP contribution >= 0.6 is 0 Å². The van der Waals surface area contributed by atoms with Crippen molar-refractivity contribution in [3.63, 3.8) is 0 Å². The minimum atomic E-state index is -3.69. The van der Waals surface area contributed by atoms with Gasteiger partial charge >= 0.3 is 5.92 Å². The summed E-state index contributed by atoms with van der Waals surface area (Å²) in [6.45, 7) is 8.66. The summed E-state index contributed by atoms with van der Waals surface area (Å²) in [5.41, 5.74) is 20.9. The lowest BCUT2D eigenvalue weighted by Crippen LogP contribution is -2.59. The van der Waals surface area contributed by atoms with E-state index >= 15 is 0 Å². The van der Waals surface area contributed by atoms with Crippen LogP contribution in [0.25, 0.3) is 5.82 Å². The number of alkyl halides is 2. The number of hydrogen-bond donors (Lipinski definition) is 8. The maximum Gasteiger partial charge on any atom is 0.307 e. The van der Waals surface area contributed by atoms with E-state index in [1.165, 1.54) is 17.4 Å². The third-order valence-corrected chi connectivity index (χ3v) is 27.2. The first-order valence-corrected chi connectivity index (χ1v) is 47.6. The number of para-hydroxylation sites is 4. The van der Waals surface area contributed by atoms with Gasteiger partial charge in [0.05, 0.1) is 65.3 Å². The minimum absolute atomic E-state index is 0.00773. The van der Waals surface area contributed by atoms with E-state index in [4.69, 9.17) is 41.9 Å². The maximum absolute atomic E-state index is 14.6. The van der Waals surface area contributed by atoms with Crippen LogP contribution in [0.5, 0.6) is 0 Å². The zero-order valence-electron chi connectivity index (χ0n) is 79.8. The second kappa shape index (κ2) is 40.8. The Morgan fingerprint density at radius 3 is 1.49 bits per heavy atom. The highest BCUT2D eigenvalue weighted by atomic mass is 19.3. The molecule has 722 valence electrons. The van der Waals surface area contributed by atoms with E-state index in [1.54, 1.807) is 73.6 Å². The number of benzene rings is 7. The zero-order chi connectivity index (χ0) is 97.9. The van der Waals surface area contributed by atoms with E-state index < -0.39 is 29.0 Å². The number of carbonyl (C=O) groups excluding carboxylic acids is 6. The van der Waals surface area contributed by atoms with Gasteiger partial charge in [0, 0.05) is 90.3 Å². The minimum Gasteiger partial charge on any atom is -0.383 e. The molecule has 4 fully saturated rings. The quantitative estimate of drug-likeness (QED) is 0.0135. The molecule has 0 radical (unpaired) electrons. The molecule has 35 heteroatoms. The fraction of sp³-hybridized carbons (Fsp3) is 0.375. The highest BCUT2D eigenvalue weighted by Gasteiger charge is 2.53. The average molecular weight is 1890 g/mol. The number of nitrogens with two attached hydrogens (primary N) is 2. The summed E-state index contributed by atoms with van der Waals surface area (Å²) in [6.07, 6.45) is 13.7. The lowest BCUT2D eigenvalue weighted by molar-refractivity contribution is -0.124. The van der Waals surface area contributed by atoms with Crippen molar-refractivity contribution >= 4 is 105 Å². The number of Topliss-reactive ketones (excluding diaryl/α,β-unsaturated/α-hetero) is 3. The Morgan fingerprint density at radius 1 is 0.554 bits per heavy atom. The molecular formula is C104H118F3N25O7. The third-order valence-electron chi connectivity index (χ3n) is 27.2. The van der Waals surface area contributed by atoms with Gasteiger partial charge in [-0.1, -0.05) is 134 Å². The van der Waals surface area contributed by atoms with Gasteiger partial charge in [-0.2, -0.15) is 13.9 Å². The van der Waals surface area contributed by atoms with Crippen LogP contribution < -0.4 is 64.8 Å². The van der Waals surface area contributed by atoms with Crippen molar-refractivity contribution in [1.82, 2.24) is 64.3 Å². The number of guanidine groups is 3. The second-order valence-corrected chi connectivity index (χ2v) is 37.5. The number of hydrogen-bond acceptors (Lipinski definition) is 24. The first-order chi connectivity index (χ1) is 66.9. The van der Waals surface area contributed by atoms with E-state index in [2.05, 4.69) is 72.3 Å². The Bertz CT molecular complexity index is 6730. The Kier molecular flexibility index (Phi) is 28.1. The van der Waals surface area contributed by atoms with Crippen molar-refractivity contribution in [2.45, 2.75) is 185 Å². The number of ketones is 3. The van der Waals surface area contributed by atoms with Crippen LogP contribution in [0.1, 0.15) is 169 Å². The highest BCUT2D eigenvalue weighted by molar-refractivity contribution is 6.27. The van der Waals surface area contributed by atoms with Gasteiger partial charge in [-0.3, -0.25) is 77.5 Å². The van der Waals surface area contributed by atoms with Gasteiger partial charge in [-0.15, -0.1) is 0 Å². The van der Waals surface area contributed by atoms with Crippen molar-refractivity contribution in [3.8, 4) is 0 Å². The lowest BCUT2D eigenvalue weighted by atomic mass is 10.0. The van der Waals surface area contributed by atoms with Gasteiger partial charge in [-0.05, 0) is 201 Å². The Labute approximate surface area is 804 Å². The zero-order valence-corrected chi connectivity index (χ0v) is 79.8. The largest absolute Gasteiger partial charge is 0.383 e. The maximum atomic E-state index is 14.6. The van der Waals surface area contributed by atoms with Crippen LogP contribution in [0.15, 0.2) is 246 Å². The number of aliphatic imine (C=N–C) groups is 5. The molecule has 0 spiro atoms. The van der Waals surface area contributed by atoms with E-state index in [1.807, 2.05) is 167 Å². The van der Waals surface area contributed by atoms with Gasteiger partial charge < -0.3 is 43.0 Å². The van der Waals surface area contributed by atoms with E-state index in [0.29, 0.717) is 124 Å². The Hall–Kier alpha value is -14.9. The number of halogens is 3. The van der Waals surface area contributed by atoms with Crippen LogP contribution in [-0.4, -0.2) is 216 Å². The molecule has 1 unspecified atom stereocenters. The number of amidine groups is 2. The van der Waals surface area contributed by atoms with E-state index in [9.17, 15) is 46.7 Å². The number of anilines is 4. The summed E-state index contributed by atoms with van der Waals surface area (Å²) in [5.74, 6) is -1.23. The number of amides is 3. The summed E-state index contributed by atoms with van der Waals surface area (Å²) in [4.78, 5) is 131. The molecule has 2 aromatic heterocycles. The topological polar surface area (TPSA) is 380 Å². The predicted octanol–water partition coefficient (Wildman–Crippen LogP) is 11.3. The SMILES string of the molecule is CC(=O)c1ccc(CCN/C(Nc2ccccc2)=c2/c(=O)n(C)c3n(c2=N)[C@H]2CCC[C@H]2N=3)cc1.CC(=O)c1ccc(CCNC2=C(C(N)=Nc3ccccc3)C(=O)N(C)C3=N[C@@H]4CCC[C@@H]4N32)cc1.CC(CN(C)C)Cn1nc(Nc2ccccc2)c2c1N1C(=N[C@@H]3CCC[C@@H]31)N(C)C2=O.CN1C(=O)C(C(N)=Nc2ccccc2)=C(NCc2ccc(C(=O)C(C)(F)F)c(F)c2)N2C1=N[C@@H]1CCC[C@@H]12. The number of aromatic nitrogens is 4. The van der Waals surface area contributed by atoms with Gasteiger partial charge in [0.1, 0.15) is 68.2 Å². The molecular weight excluding hydrogens is 1770 g/mol. The van der Waals surface area contributed by atoms with Crippen LogP contribution in [0.3, 0.4) is 0 Å². The lowest BCUT2D eigenvalue weighted by Gasteiger charge is -2.38. The molecule has 0 bridgehead atoms. The van der Waals surface area contributed by atoms with Gasteiger partial charge in [0.2, 0.25) is 29.3 Å². The molecule has 9 aromatic rings. The molecule has 10 N–H and O–H groups in total. The second-order valence-electron chi connectivity index (χ2n) is 37.5. The molecule has 11 aliphatic rings. The van der Waals surface area contributed by atoms with Crippen LogP contribution in [0.2, 0.25) is 0 Å². The Balaban J connectivity index is 0.000000128. The van der Waals surface area contributed by atoms with Crippen molar-refractivity contribution in [2.24, 2.45) is 54.4 Å². The van der Waals surface area contributed by atoms with Crippen molar-refractivity contribution < 1.29 is 41.9 Å². The molecule has 9 atom stereocenters. The third kappa shape index (κ3) is 19.9. The van der Waals surface area contributed by atoms with E-state index in [0.717, 1.165) is 137 Å². The van der Waals surface area contributed by atoms with Crippen molar-refractivity contribution in [3.05, 3.63) is 282 Å². The number of nitrogens with one attached hydrogen (secondary N) is 6. The monoisotopic (exact) mass is 1890 g/mol.